The highest BCUT2D eigenvalue weighted by atomic mass is 16.3. The summed E-state index contributed by atoms with van der Waals surface area (Å²) in [7, 11) is 0. The van der Waals surface area contributed by atoms with Crippen molar-refractivity contribution in [2.24, 2.45) is 0 Å². The Morgan fingerprint density at radius 1 is 0.466 bits per heavy atom. The Balaban J connectivity index is 1.05. The second-order valence-electron chi connectivity index (χ2n) is 14.5. The molecule has 0 aliphatic carbocycles. The predicted octanol–water partition coefficient (Wildman–Crippen LogP) is 14.0. The van der Waals surface area contributed by atoms with Crippen LogP contribution >= 0.6 is 0 Å². The summed E-state index contributed by atoms with van der Waals surface area (Å²) in [6.07, 6.45) is 6.69. The first-order valence-corrected chi connectivity index (χ1v) is 19.5. The third-order valence-corrected chi connectivity index (χ3v) is 10.8. The van der Waals surface area contributed by atoms with E-state index in [0.29, 0.717) is 17.5 Å². The van der Waals surface area contributed by atoms with Crippen molar-refractivity contribution in [3.05, 3.63) is 217 Å². The van der Waals surface area contributed by atoms with Gasteiger partial charge in [0.1, 0.15) is 11.2 Å². The zero-order chi connectivity index (χ0) is 38.8. The lowest BCUT2D eigenvalue weighted by Gasteiger charge is -2.11. The normalized spacial score (nSPS) is 11.5. The maximum Gasteiger partial charge on any atom is 0.164 e. The Hall–Kier alpha value is -7.69. The number of furan rings is 1. The van der Waals surface area contributed by atoms with Crippen molar-refractivity contribution >= 4 is 38.8 Å². The van der Waals surface area contributed by atoms with E-state index < -0.39 is 0 Å². The van der Waals surface area contributed by atoms with Gasteiger partial charge in [0.25, 0.3) is 0 Å². The van der Waals surface area contributed by atoms with Gasteiger partial charge in [-0.05, 0) is 80.4 Å². The van der Waals surface area contributed by atoms with Gasteiger partial charge in [-0.2, -0.15) is 0 Å². The van der Waals surface area contributed by atoms with Crippen LogP contribution < -0.4 is 0 Å². The third-order valence-electron chi connectivity index (χ3n) is 10.8. The minimum atomic E-state index is 0.592. The molecule has 0 aliphatic heterocycles. The second-order valence-corrected chi connectivity index (χ2v) is 14.5. The van der Waals surface area contributed by atoms with Crippen LogP contribution in [-0.2, 0) is 6.42 Å². The van der Waals surface area contributed by atoms with Crippen LogP contribution in [0, 0.1) is 0 Å². The van der Waals surface area contributed by atoms with Gasteiger partial charge >= 0.3 is 0 Å². The molecule has 2 aromatic heterocycles. The van der Waals surface area contributed by atoms with Crippen LogP contribution in [0.2, 0.25) is 0 Å². The lowest BCUT2D eigenvalue weighted by molar-refractivity contribution is 0.669. The first-order valence-electron chi connectivity index (χ1n) is 19.5. The maximum absolute atomic E-state index is 6.56. The molecule has 274 valence electrons. The Bertz CT molecular complexity index is 3140. The van der Waals surface area contributed by atoms with E-state index in [1.807, 2.05) is 24.3 Å². The molecule has 0 amide bonds. The van der Waals surface area contributed by atoms with Gasteiger partial charge in [0.05, 0.1) is 0 Å². The van der Waals surface area contributed by atoms with Crippen LogP contribution in [0.3, 0.4) is 0 Å². The molecule has 0 aliphatic rings. The molecular formula is C54H37N3O. The molecule has 0 fully saturated rings. The van der Waals surface area contributed by atoms with Crippen LogP contribution in [0.4, 0.5) is 0 Å². The number of benzene rings is 8. The SMILES string of the molecule is C=C/C=C\c1ccccc1Cc1ccc(-c2nc(-c3ccc4ccccc4c3)nc(-c3cccc4oc5cc(-c6ccc(-c7ccccc7)cc6)ccc5c34)n2)cc1. The standard InChI is InChI=1S/C54H37N3O/c1-2-3-12-38-15-7-9-17-43(38)33-36-21-23-42(24-22-36)52-55-53(46-30-29-39-16-8-10-18-44(39)34-46)57-54(56-52)48-19-11-20-49-51(48)47-32-31-45(35-50(47)58-49)41-27-25-40(26-28-41)37-13-5-4-6-14-37/h2-32,34-35H,1,33H2/b12-3-. The Labute approximate surface area is 337 Å². The number of rotatable bonds is 9. The van der Waals surface area contributed by atoms with Gasteiger partial charge in [0.2, 0.25) is 0 Å². The summed E-state index contributed by atoms with van der Waals surface area (Å²) in [6.45, 7) is 3.83. The fraction of sp³-hybridized carbons (Fsp3) is 0.0185. The van der Waals surface area contributed by atoms with Gasteiger partial charge in [-0.25, -0.2) is 15.0 Å². The van der Waals surface area contributed by atoms with Gasteiger partial charge in [-0.15, -0.1) is 0 Å². The van der Waals surface area contributed by atoms with Crippen molar-refractivity contribution in [3.63, 3.8) is 0 Å². The summed E-state index contributed by atoms with van der Waals surface area (Å²) in [5.74, 6) is 1.82. The first kappa shape index (κ1) is 34.8. The van der Waals surface area contributed by atoms with Gasteiger partial charge < -0.3 is 4.42 Å². The summed E-state index contributed by atoms with van der Waals surface area (Å²) in [5.41, 5.74) is 12.6. The van der Waals surface area contributed by atoms with E-state index >= 15 is 0 Å². The Morgan fingerprint density at radius 3 is 1.91 bits per heavy atom. The van der Waals surface area contributed by atoms with E-state index in [-0.39, 0.29) is 0 Å². The number of allylic oxidation sites excluding steroid dienone is 2. The van der Waals surface area contributed by atoms with Crippen molar-refractivity contribution in [1.82, 2.24) is 15.0 Å². The molecule has 0 saturated carbocycles. The molecule has 10 rings (SSSR count). The molecule has 0 unspecified atom stereocenters. The molecule has 2 heterocycles. The van der Waals surface area contributed by atoms with Crippen molar-refractivity contribution in [2.45, 2.75) is 6.42 Å². The Kier molecular flexibility index (Phi) is 9.05. The van der Waals surface area contributed by atoms with Crippen molar-refractivity contribution in [1.29, 1.82) is 0 Å². The highest BCUT2D eigenvalue weighted by molar-refractivity contribution is 6.12. The lowest BCUT2D eigenvalue weighted by Crippen LogP contribution is -2.01. The van der Waals surface area contributed by atoms with Crippen molar-refractivity contribution in [2.75, 3.05) is 0 Å². The number of fused-ring (bicyclic) bond motifs is 4. The molecule has 4 heteroatoms. The van der Waals surface area contributed by atoms with E-state index in [1.165, 1.54) is 33.2 Å². The first-order chi connectivity index (χ1) is 28.7. The second kappa shape index (κ2) is 15.1. The lowest BCUT2D eigenvalue weighted by atomic mass is 9.98. The van der Waals surface area contributed by atoms with Crippen LogP contribution in [0.25, 0.3) is 95.2 Å². The largest absolute Gasteiger partial charge is 0.456 e. The molecule has 0 spiro atoms. The highest BCUT2D eigenvalue weighted by Crippen LogP contribution is 2.39. The van der Waals surface area contributed by atoms with Crippen LogP contribution in [0.15, 0.2) is 205 Å². The average Bonchev–Trinajstić information content (AvgIpc) is 3.67. The van der Waals surface area contributed by atoms with Crippen molar-refractivity contribution < 1.29 is 4.42 Å². The quantitative estimate of drug-likeness (QED) is 0.138. The van der Waals surface area contributed by atoms with Crippen molar-refractivity contribution in [3.8, 4) is 56.4 Å². The zero-order valence-electron chi connectivity index (χ0n) is 31.7. The maximum atomic E-state index is 6.56. The number of hydrogen-bond acceptors (Lipinski definition) is 4. The van der Waals surface area contributed by atoms with Gasteiger partial charge in [0.15, 0.2) is 17.5 Å². The minimum Gasteiger partial charge on any atom is -0.456 e. The monoisotopic (exact) mass is 743 g/mol. The number of aromatic nitrogens is 3. The zero-order valence-corrected chi connectivity index (χ0v) is 31.7. The molecule has 0 saturated heterocycles. The molecule has 0 bridgehead atoms. The summed E-state index contributed by atoms with van der Waals surface area (Å²) >= 11 is 0. The summed E-state index contributed by atoms with van der Waals surface area (Å²) in [5, 5.41) is 4.28. The third kappa shape index (κ3) is 6.78. The summed E-state index contributed by atoms with van der Waals surface area (Å²) in [4.78, 5) is 15.5. The number of hydrogen-bond donors (Lipinski definition) is 0. The van der Waals surface area contributed by atoms with Gasteiger partial charge in [0, 0.05) is 27.5 Å². The van der Waals surface area contributed by atoms with E-state index in [0.717, 1.165) is 61.6 Å². The van der Waals surface area contributed by atoms with E-state index in [1.54, 1.807) is 6.08 Å². The summed E-state index contributed by atoms with van der Waals surface area (Å²) in [6, 6.07) is 63.5. The predicted molar refractivity (Wildman–Crippen MR) is 240 cm³/mol. The van der Waals surface area contributed by atoms with Gasteiger partial charge in [-0.1, -0.05) is 183 Å². The van der Waals surface area contributed by atoms with Gasteiger partial charge in [-0.3, -0.25) is 0 Å². The molecule has 4 nitrogen and oxygen atoms in total. The van der Waals surface area contributed by atoms with Crippen LogP contribution in [0.5, 0.6) is 0 Å². The molecule has 8 aromatic carbocycles. The fourth-order valence-electron chi connectivity index (χ4n) is 7.78. The molecule has 0 radical (unpaired) electrons. The minimum absolute atomic E-state index is 0.592. The summed E-state index contributed by atoms with van der Waals surface area (Å²) < 4.78 is 6.56. The molecule has 58 heavy (non-hydrogen) atoms. The fourth-order valence-corrected chi connectivity index (χ4v) is 7.78. The van der Waals surface area contributed by atoms with E-state index in [9.17, 15) is 0 Å². The smallest absolute Gasteiger partial charge is 0.164 e. The molecule has 0 atom stereocenters. The van der Waals surface area contributed by atoms with Crippen LogP contribution in [0.1, 0.15) is 16.7 Å². The van der Waals surface area contributed by atoms with E-state index in [4.69, 9.17) is 19.4 Å². The van der Waals surface area contributed by atoms with E-state index in [2.05, 4.69) is 176 Å². The Morgan fingerprint density at radius 2 is 1.10 bits per heavy atom. The topological polar surface area (TPSA) is 51.8 Å². The van der Waals surface area contributed by atoms with Crippen LogP contribution in [-0.4, -0.2) is 15.0 Å². The highest BCUT2D eigenvalue weighted by Gasteiger charge is 2.19. The molecular weight excluding hydrogens is 707 g/mol. The molecule has 10 aromatic rings. The number of nitrogens with zero attached hydrogens (tertiary/aromatic N) is 3. The average molecular weight is 744 g/mol. The molecule has 0 N–H and O–H groups in total.